The number of aryl methyl sites for hydroxylation is 1. The van der Waals surface area contributed by atoms with Crippen LogP contribution in [-0.2, 0) is 12.8 Å². The number of fused-ring (bicyclic) bond motifs is 3. The Labute approximate surface area is 191 Å². The number of aromatic nitrogens is 4. The standard InChI is InChI=1S/C24H26FN7O/c1-3-20-28-10-14(11-29-20)33-23-30-18-8-15-16(6-13(25)7-17(15)27-2)21(18)22(31-23)32-5-4-24(12-32)9-19(24)26/h6-7,10-11,19,27H,3-5,8-9,12,26H2,1-2H3. The van der Waals surface area contributed by atoms with E-state index in [1.807, 2.05) is 6.92 Å². The lowest BCUT2D eigenvalue weighted by atomic mass is 10.0. The first-order chi connectivity index (χ1) is 16.0. The summed E-state index contributed by atoms with van der Waals surface area (Å²) in [7, 11) is 1.80. The van der Waals surface area contributed by atoms with Crippen LogP contribution in [0, 0.1) is 11.2 Å². The molecule has 3 aromatic rings. The lowest BCUT2D eigenvalue weighted by Crippen LogP contribution is -2.24. The van der Waals surface area contributed by atoms with Crippen molar-refractivity contribution in [3.8, 4) is 22.9 Å². The molecular weight excluding hydrogens is 421 g/mol. The number of ether oxygens (including phenoxy) is 1. The monoisotopic (exact) mass is 447 g/mol. The fourth-order valence-electron chi connectivity index (χ4n) is 5.20. The zero-order valence-corrected chi connectivity index (χ0v) is 18.7. The van der Waals surface area contributed by atoms with Gasteiger partial charge in [-0.1, -0.05) is 6.92 Å². The Morgan fingerprint density at radius 3 is 2.73 bits per heavy atom. The van der Waals surface area contributed by atoms with Crippen molar-refractivity contribution >= 4 is 11.5 Å². The highest BCUT2D eigenvalue weighted by atomic mass is 19.1. The van der Waals surface area contributed by atoms with Crippen molar-refractivity contribution in [2.45, 2.75) is 38.6 Å². The number of benzene rings is 1. The van der Waals surface area contributed by atoms with Crippen LogP contribution in [-0.4, -0.2) is 46.1 Å². The average Bonchev–Trinajstić information content (AvgIpc) is 3.13. The molecule has 1 saturated heterocycles. The van der Waals surface area contributed by atoms with Gasteiger partial charge in [0.1, 0.15) is 17.5 Å². The highest BCUT2D eigenvalue weighted by molar-refractivity contribution is 5.88. The predicted molar refractivity (Wildman–Crippen MR) is 123 cm³/mol. The van der Waals surface area contributed by atoms with Crippen LogP contribution in [0.5, 0.6) is 11.8 Å². The van der Waals surface area contributed by atoms with Gasteiger partial charge in [-0.15, -0.1) is 0 Å². The molecule has 2 atom stereocenters. The second kappa shape index (κ2) is 7.34. The fourth-order valence-corrected chi connectivity index (χ4v) is 5.20. The van der Waals surface area contributed by atoms with Gasteiger partial charge in [0.2, 0.25) is 0 Å². The average molecular weight is 448 g/mol. The molecule has 170 valence electrons. The lowest BCUT2D eigenvalue weighted by Gasteiger charge is -2.22. The van der Waals surface area contributed by atoms with Crippen LogP contribution >= 0.6 is 0 Å². The van der Waals surface area contributed by atoms with Crippen molar-refractivity contribution in [3.63, 3.8) is 0 Å². The molecule has 2 unspecified atom stereocenters. The largest absolute Gasteiger partial charge is 0.421 e. The number of hydrogen-bond donors (Lipinski definition) is 2. The third-order valence-corrected chi connectivity index (χ3v) is 7.19. The molecule has 33 heavy (non-hydrogen) atoms. The van der Waals surface area contributed by atoms with Gasteiger partial charge in [0.15, 0.2) is 5.75 Å². The number of anilines is 2. The number of halogens is 1. The third kappa shape index (κ3) is 3.30. The van der Waals surface area contributed by atoms with Crippen molar-refractivity contribution in [2.75, 3.05) is 30.4 Å². The minimum Gasteiger partial charge on any atom is -0.421 e. The molecule has 8 nitrogen and oxygen atoms in total. The molecule has 3 aliphatic rings. The minimum absolute atomic E-state index is 0.169. The molecule has 0 bridgehead atoms. The van der Waals surface area contributed by atoms with E-state index in [9.17, 15) is 4.39 Å². The number of nitrogens with zero attached hydrogens (tertiary/aromatic N) is 5. The summed E-state index contributed by atoms with van der Waals surface area (Å²) in [6, 6.07) is 3.59. The SMILES string of the molecule is CCc1ncc(Oc2nc3c(c(N4CCC5(CC5N)C4)n2)-c2cc(F)cc(NC)c2C3)cn1. The first-order valence-corrected chi connectivity index (χ1v) is 11.4. The van der Waals surface area contributed by atoms with Crippen LogP contribution in [0.2, 0.25) is 0 Å². The molecule has 3 heterocycles. The van der Waals surface area contributed by atoms with Crippen LogP contribution in [0.3, 0.4) is 0 Å². The second-order valence-electron chi connectivity index (χ2n) is 9.19. The summed E-state index contributed by atoms with van der Waals surface area (Å²) in [6.07, 6.45) is 6.68. The van der Waals surface area contributed by atoms with Crippen LogP contribution in [0.1, 0.15) is 36.8 Å². The van der Waals surface area contributed by atoms with Gasteiger partial charge in [-0.25, -0.2) is 14.4 Å². The Bertz CT molecular complexity index is 1250. The molecule has 2 fully saturated rings. The van der Waals surface area contributed by atoms with Gasteiger partial charge in [-0.2, -0.15) is 9.97 Å². The maximum Gasteiger partial charge on any atom is 0.324 e. The predicted octanol–water partition coefficient (Wildman–Crippen LogP) is 3.30. The van der Waals surface area contributed by atoms with E-state index in [1.54, 1.807) is 25.5 Å². The van der Waals surface area contributed by atoms with E-state index < -0.39 is 0 Å². The second-order valence-corrected chi connectivity index (χ2v) is 9.19. The van der Waals surface area contributed by atoms with Gasteiger partial charge in [-0.3, -0.25) is 0 Å². The molecule has 3 N–H and O–H groups in total. The van der Waals surface area contributed by atoms with E-state index in [0.717, 1.165) is 72.1 Å². The van der Waals surface area contributed by atoms with Crippen molar-refractivity contribution in [2.24, 2.45) is 11.1 Å². The molecule has 2 aromatic heterocycles. The number of rotatable bonds is 5. The molecule has 0 amide bonds. The van der Waals surface area contributed by atoms with Crippen molar-refractivity contribution < 1.29 is 9.13 Å². The van der Waals surface area contributed by atoms with Crippen LogP contribution in [0.4, 0.5) is 15.9 Å². The van der Waals surface area contributed by atoms with Gasteiger partial charge >= 0.3 is 6.01 Å². The molecule has 6 rings (SSSR count). The summed E-state index contributed by atoms with van der Waals surface area (Å²) in [5, 5.41) is 3.12. The first-order valence-electron chi connectivity index (χ1n) is 11.4. The van der Waals surface area contributed by atoms with E-state index in [0.29, 0.717) is 12.2 Å². The zero-order chi connectivity index (χ0) is 22.7. The van der Waals surface area contributed by atoms with Gasteiger partial charge in [-0.05, 0) is 36.1 Å². The molecule has 9 heteroatoms. The van der Waals surface area contributed by atoms with E-state index in [2.05, 4.69) is 20.2 Å². The number of nitrogens with two attached hydrogens (primary N) is 1. The molecular formula is C24H26FN7O. The quantitative estimate of drug-likeness (QED) is 0.481. The van der Waals surface area contributed by atoms with Gasteiger partial charge in [0.25, 0.3) is 0 Å². The van der Waals surface area contributed by atoms with E-state index in [-0.39, 0.29) is 23.3 Å². The summed E-state index contributed by atoms with van der Waals surface area (Å²) in [5.74, 6) is 1.73. The molecule has 1 aliphatic heterocycles. The van der Waals surface area contributed by atoms with E-state index in [4.69, 9.17) is 20.4 Å². The molecule has 1 spiro atoms. The Hall–Kier alpha value is -3.33. The highest BCUT2D eigenvalue weighted by Crippen LogP contribution is 2.54. The minimum atomic E-state index is -0.285. The number of hydrogen-bond acceptors (Lipinski definition) is 8. The topological polar surface area (TPSA) is 102 Å². The summed E-state index contributed by atoms with van der Waals surface area (Å²) in [6.45, 7) is 3.70. The highest BCUT2D eigenvalue weighted by Gasteiger charge is 2.56. The van der Waals surface area contributed by atoms with Gasteiger partial charge < -0.3 is 20.7 Å². The molecule has 2 aliphatic carbocycles. The number of nitrogens with one attached hydrogen (secondary N) is 1. The maximum absolute atomic E-state index is 14.5. The normalized spacial score (nSPS) is 22.4. The lowest BCUT2D eigenvalue weighted by molar-refractivity contribution is 0.435. The van der Waals surface area contributed by atoms with Crippen LogP contribution in [0.15, 0.2) is 24.5 Å². The Morgan fingerprint density at radius 1 is 1.27 bits per heavy atom. The zero-order valence-electron chi connectivity index (χ0n) is 18.7. The smallest absolute Gasteiger partial charge is 0.324 e. The van der Waals surface area contributed by atoms with Crippen molar-refractivity contribution in [1.82, 2.24) is 19.9 Å². The van der Waals surface area contributed by atoms with Crippen LogP contribution in [0.25, 0.3) is 11.1 Å². The van der Waals surface area contributed by atoms with E-state index in [1.165, 1.54) is 6.07 Å². The fraction of sp³-hybridized carbons (Fsp3) is 0.417. The van der Waals surface area contributed by atoms with Crippen molar-refractivity contribution in [1.29, 1.82) is 0 Å². The first kappa shape index (κ1) is 20.3. The molecule has 0 radical (unpaired) electrons. The van der Waals surface area contributed by atoms with Crippen molar-refractivity contribution in [3.05, 3.63) is 47.4 Å². The summed E-state index contributed by atoms with van der Waals surface area (Å²) in [5.41, 5.74) is 10.8. The Balaban J connectivity index is 1.44. The maximum atomic E-state index is 14.5. The van der Waals surface area contributed by atoms with E-state index >= 15 is 0 Å². The van der Waals surface area contributed by atoms with Crippen LogP contribution < -0.4 is 20.7 Å². The Morgan fingerprint density at radius 2 is 2.06 bits per heavy atom. The molecule has 1 saturated carbocycles. The van der Waals surface area contributed by atoms with Gasteiger partial charge in [0, 0.05) is 55.7 Å². The Kier molecular flexibility index (Phi) is 4.52. The summed E-state index contributed by atoms with van der Waals surface area (Å²) in [4.78, 5) is 20.4. The third-order valence-electron chi connectivity index (χ3n) is 7.19. The molecule has 1 aromatic carbocycles. The summed E-state index contributed by atoms with van der Waals surface area (Å²) >= 11 is 0. The summed E-state index contributed by atoms with van der Waals surface area (Å²) < 4.78 is 20.5. The van der Waals surface area contributed by atoms with Gasteiger partial charge in [0.05, 0.1) is 18.1 Å².